The predicted molar refractivity (Wildman–Crippen MR) is 61.4 cm³/mol. The van der Waals surface area contributed by atoms with Crippen molar-refractivity contribution in [2.45, 2.75) is 45.1 Å². The fourth-order valence-electron chi connectivity index (χ4n) is 2.47. The van der Waals surface area contributed by atoms with E-state index in [-0.39, 0.29) is 11.2 Å². The van der Waals surface area contributed by atoms with Gasteiger partial charge in [-0.3, -0.25) is 4.79 Å². The highest BCUT2D eigenvalue weighted by Gasteiger charge is 2.38. The Kier molecular flexibility index (Phi) is 3.10. The molecule has 0 radical (unpaired) electrons. The maximum absolute atomic E-state index is 11.5. The molecule has 1 aromatic rings. The summed E-state index contributed by atoms with van der Waals surface area (Å²) in [7, 11) is 0. The van der Waals surface area contributed by atoms with Gasteiger partial charge in [0.1, 0.15) is 11.4 Å². The zero-order valence-corrected chi connectivity index (χ0v) is 9.88. The summed E-state index contributed by atoms with van der Waals surface area (Å²) in [5.74, 6) is 0.705. The van der Waals surface area contributed by atoms with Crippen LogP contribution >= 0.6 is 0 Å². The number of rotatable bonds is 3. The largest absolute Gasteiger partial charge is 0.367 e. The highest BCUT2D eigenvalue weighted by molar-refractivity contribution is 5.09. The predicted octanol–water partition coefficient (Wildman–Crippen LogP) is 1.88. The Morgan fingerprint density at radius 2 is 2.19 bits per heavy atom. The van der Waals surface area contributed by atoms with Crippen LogP contribution < -0.4 is 5.56 Å². The molecule has 2 rings (SSSR count). The molecule has 16 heavy (non-hydrogen) atoms. The van der Waals surface area contributed by atoms with Gasteiger partial charge in [-0.2, -0.15) is 0 Å². The average molecular weight is 222 g/mol. The molecule has 1 aliphatic carbocycles. The van der Waals surface area contributed by atoms with Crippen LogP contribution in [0.2, 0.25) is 0 Å². The molecule has 1 saturated carbocycles. The maximum Gasteiger partial charge on any atom is 0.251 e. The molecule has 1 aromatic heterocycles. The van der Waals surface area contributed by atoms with E-state index in [0.29, 0.717) is 12.4 Å². The van der Waals surface area contributed by atoms with E-state index in [1.54, 1.807) is 0 Å². The smallest absolute Gasteiger partial charge is 0.251 e. The van der Waals surface area contributed by atoms with Gasteiger partial charge in [0.25, 0.3) is 5.56 Å². The van der Waals surface area contributed by atoms with E-state index < -0.39 is 0 Å². The molecule has 1 aliphatic rings. The number of aryl methyl sites for hydroxylation is 1. The van der Waals surface area contributed by atoms with Gasteiger partial charge in [0.05, 0.1) is 0 Å². The molecule has 0 atom stereocenters. The number of H-pyrrole nitrogens is 1. The van der Waals surface area contributed by atoms with Crippen molar-refractivity contribution in [1.29, 1.82) is 0 Å². The van der Waals surface area contributed by atoms with Gasteiger partial charge in [0.15, 0.2) is 0 Å². The highest BCUT2D eigenvalue weighted by Crippen LogP contribution is 2.40. The lowest BCUT2D eigenvalue weighted by atomic mass is 10.0. The van der Waals surface area contributed by atoms with Crippen LogP contribution in [0.25, 0.3) is 0 Å². The molecule has 0 aliphatic heterocycles. The monoisotopic (exact) mass is 222 g/mol. The Morgan fingerprint density at radius 1 is 1.50 bits per heavy atom. The fourth-order valence-corrected chi connectivity index (χ4v) is 2.47. The van der Waals surface area contributed by atoms with E-state index >= 15 is 0 Å². The SMILES string of the molecule is CCOC1(c2nc(C)cc(=O)[nH]2)CCCC1. The zero-order valence-electron chi connectivity index (χ0n) is 9.88. The molecule has 88 valence electrons. The Hall–Kier alpha value is -1.16. The summed E-state index contributed by atoms with van der Waals surface area (Å²) in [5.41, 5.74) is 0.318. The molecule has 1 heterocycles. The molecule has 1 N–H and O–H groups in total. The van der Waals surface area contributed by atoms with E-state index in [2.05, 4.69) is 9.97 Å². The molecule has 0 spiro atoms. The van der Waals surface area contributed by atoms with Crippen LogP contribution in [0.4, 0.5) is 0 Å². The molecule has 0 unspecified atom stereocenters. The van der Waals surface area contributed by atoms with E-state index in [0.717, 1.165) is 31.4 Å². The first-order valence-corrected chi connectivity index (χ1v) is 5.89. The van der Waals surface area contributed by atoms with E-state index in [1.165, 1.54) is 6.07 Å². The fraction of sp³-hybridized carbons (Fsp3) is 0.667. The Morgan fingerprint density at radius 3 is 2.75 bits per heavy atom. The van der Waals surface area contributed by atoms with Crippen molar-refractivity contribution in [2.24, 2.45) is 0 Å². The Bertz CT molecular complexity index is 419. The second kappa shape index (κ2) is 4.37. The number of nitrogens with one attached hydrogen (secondary N) is 1. The van der Waals surface area contributed by atoms with Gasteiger partial charge in [-0.1, -0.05) is 0 Å². The summed E-state index contributed by atoms with van der Waals surface area (Å²) in [6.45, 7) is 4.47. The van der Waals surface area contributed by atoms with Crippen molar-refractivity contribution in [3.05, 3.63) is 27.9 Å². The normalized spacial score (nSPS) is 18.9. The molecule has 0 saturated heterocycles. The molecule has 4 nitrogen and oxygen atoms in total. The summed E-state index contributed by atoms with van der Waals surface area (Å²) in [6.07, 6.45) is 4.18. The average Bonchev–Trinajstić information content (AvgIpc) is 2.66. The minimum absolute atomic E-state index is 0.0894. The van der Waals surface area contributed by atoms with Crippen molar-refractivity contribution >= 4 is 0 Å². The lowest BCUT2D eigenvalue weighted by Gasteiger charge is -2.27. The van der Waals surface area contributed by atoms with Gasteiger partial charge in [0.2, 0.25) is 0 Å². The first-order valence-electron chi connectivity index (χ1n) is 5.89. The van der Waals surface area contributed by atoms with Crippen molar-refractivity contribution in [3.63, 3.8) is 0 Å². The first-order chi connectivity index (χ1) is 7.66. The third kappa shape index (κ3) is 2.02. The minimum Gasteiger partial charge on any atom is -0.367 e. The van der Waals surface area contributed by atoms with E-state index in [9.17, 15) is 4.79 Å². The van der Waals surface area contributed by atoms with Crippen molar-refractivity contribution in [1.82, 2.24) is 9.97 Å². The van der Waals surface area contributed by atoms with Crippen LogP contribution in [0.3, 0.4) is 0 Å². The van der Waals surface area contributed by atoms with Crippen molar-refractivity contribution in [2.75, 3.05) is 6.61 Å². The summed E-state index contributed by atoms with van der Waals surface area (Å²) in [5, 5.41) is 0. The topological polar surface area (TPSA) is 55.0 Å². The molecule has 4 heteroatoms. The third-order valence-electron chi connectivity index (χ3n) is 3.13. The van der Waals surface area contributed by atoms with Gasteiger partial charge in [-0.15, -0.1) is 0 Å². The third-order valence-corrected chi connectivity index (χ3v) is 3.13. The first kappa shape index (κ1) is 11.3. The van der Waals surface area contributed by atoms with Crippen LogP contribution in [0.15, 0.2) is 10.9 Å². The number of aromatic nitrogens is 2. The summed E-state index contributed by atoms with van der Waals surface area (Å²) in [4.78, 5) is 18.7. The van der Waals surface area contributed by atoms with Crippen LogP contribution in [0, 0.1) is 6.92 Å². The summed E-state index contributed by atoms with van der Waals surface area (Å²) in [6, 6.07) is 1.51. The van der Waals surface area contributed by atoms with Gasteiger partial charge in [-0.05, 0) is 39.5 Å². The number of nitrogens with zero attached hydrogens (tertiary/aromatic N) is 1. The lowest BCUT2D eigenvalue weighted by molar-refractivity contribution is -0.0459. The molecular weight excluding hydrogens is 204 g/mol. The standard InChI is InChI=1S/C12H18N2O2/c1-3-16-12(6-4-5-7-12)11-13-9(2)8-10(15)14-11/h8H,3-7H2,1-2H3,(H,13,14,15). The van der Waals surface area contributed by atoms with Crippen molar-refractivity contribution < 1.29 is 4.74 Å². The van der Waals surface area contributed by atoms with E-state index in [1.807, 2.05) is 13.8 Å². The maximum atomic E-state index is 11.5. The number of ether oxygens (including phenoxy) is 1. The van der Waals surface area contributed by atoms with E-state index in [4.69, 9.17) is 4.74 Å². The molecule has 0 amide bonds. The minimum atomic E-state index is -0.347. The quantitative estimate of drug-likeness (QED) is 0.849. The number of aromatic amines is 1. The second-order valence-electron chi connectivity index (χ2n) is 4.37. The lowest BCUT2D eigenvalue weighted by Crippen LogP contribution is -2.31. The second-order valence-corrected chi connectivity index (χ2v) is 4.37. The van der Waals surface area contributed by atoms with Crippen molar-refractivity contribution in [3.8, 4) is 0 Å². The van der Waals surface area contributed by atoms with Crippen LogP contribution in [-0.2, 0) is 10.3 Å². The van der Waals surface area contributed by atoms with Crippen LogP contribution in [0.5, 0.6) is 0 Å². The van der Waals surface area contributed by atoms with Gasteiger partial charge >= 0.3 is 0 Å². The molecule has 0 bridgehead atoms. The summed E-state index contributed by atoms with van der Waals surface area (Å²) >= 11 is 0. The van der Waals surface area contributed by atoms with Gasteiger partial charge in [-0.25, -0.2) is 4.98 Å². The van der Waals surface area contributed by atoms with Crippen LogP contribution in [0.1, 0.15) is 44.1 Å². The molecular formula is C12H18N2O2. The van der Waals surface area contributed by atoms with Crippen LogP contribution in [-0.4, -0.2) is 16.6 Å². The highest BCUT2D eigenvalue weighted by atomic mass is 16.5. The molecule has 0 aromatic carbocycles. The number of hydrogen-bond acceptors (Lipinski definition) is 3. The Balaban J connectivity index is 2.42. The molecule has 1 fully saturated rings. The number of hydrogen-bond donors (Lipinski definition) is 1. The zero-order chi connectivity index (χ0) is 11.6. The Labute approximate surface area is 95.1 Å². The van der Waals surface area contributed by atoms with Gasteiger partial charge in [0, 0.05) is 18.4 Å². The van der Waals surface area contributed by atoms with Gasteiger partial charge < -0.3 is 9.72 Å². The summed E-state index contributed by atoms with van der Waals surface area (Å²) < 4.78 is 5.85.